The summed E-state index contributed by atoms with van der Waals surface area (Å²) >= 11 is 0. The van der Waals surface area contributed by atoms with Crippen molar-refractivity contribution in [3.63, 3.8) is 0 Å². The number of carbonyl (C=O) groups is 2. The molecule has 1 atom stereocenters. The molecule has 0 spiro atoms. The average molecular weight is 303 g/mol. The van der Waals surface area contributed by atoms with Crippen LogP contribution in [0.4, 0.5) is 24.8 Å². The van der Waals surface area contributed by atoms with Crippen molar-refractivity contribution in [2.24, 2.45) is 0 Å². The summed E-state index contributed by atoms with van der Waals surface area (Å²) in [6.07, 6.45) is -4.47. The molecule has 2 rings (SSSR count). The average Bonchev–Trinajstić information content (AvgIpc) is 2.36. The van der Waals surface area contributed by atoms with Crippen LogP contribution in [0.5, 0.6) is 0 Å². The van der Waals surface area contributed by atoms with E-state index in [4.69, 9.17) is 5.73 Å². The lowest BCUT2D eigenvalue weighted by Crippen LogP contribution is -2.58. The number of rotatable bonds is 2. The summed E-state index contributed by atoms with van der Waals surface area (Å²) in [6, 6.07) is 0.308. The van der Waals surface area contributed by atoms with Gasteiger partial charge in [0, 0.05) is 6.07 Å². The number of anilines is 2. The summed E-state index contributed by atoms with van der Waals surface area (Å²) in [7, 11) is 0. The molecule has 21 heavy (non-hydrogen) atoms. The van der Waals surface area contributed by atoms with E-state index < -0.39 is 29.9 Å². The van der Waals surface area contributed by atoms with Gasteiger partial charge < -0.3 is 10.6 Å². The van der Waals surface area contributed by atoms with Crippen LogP contribution in [0.1, 0.15) is 19.2 Å². The second-order valence-electron chi connectivity index (χ2n) is 4.44. The Kier molecular flexibility index (Phi) is 3.71. The van der Waals surface area contributed by atoms with Crippen molar-refractivity contribution < 1.29 is 22.8 Å². The second-order valence-corrected chi connectivity index (χ2v) is 4.44. The van der Waals surface area contributed by atoms with Gasteiger partial charge in [-0.25, -0.2) is 9.97 Å². The highest BCUT2D eigenvalue weighted by atomic mass is 19.4. The van der Waals surface area contributed by atoms with E-state index in [9.17, 15) is 22.8 Å². The molecule has 1 saturated heterocycles. The number of piperazine rings is 1. The monoisotopic (exact) mass is 303 g/mol. The van der Waals surface area contributed by atoms with Gasteiger partial charge in [0.1, 0.15) is 17.7 Å². The molecular weight excluding hydrogens is 291 g/mol. The predicted octanol–water partition coefficient (Wildman–Crippen LogP) is 0.319. The van der Waals surface area contributed by atoms with E-state index in [2.05, 4.69) is 15.3 Å². The molecule has 2 amide bonds. The number of carbonyl (C=O) groups excluding carboxylic acids is 2. The molecule has 1 unspecified atom stereocenters. The largest absolute Gasteiger partial charge is 0.451 e. The van der Waals surface area contributed by atoms with E-state index in [1.807, 2.05) is 0 Å². The quantitative estimate of drug-likeness (QED) is 0.763. The third-order valence-electron chi connectivity index (χ3n) is 2.92. The Balaban J connectivity index is 2.46. The summed E-state index contributed by atoms with van der Waals surface area (Å²) in [5.41, 5.74) is 5.36. The van der Waals surface area contributed by atoms with Gasteiger partial charge in [-0.2, -0.15) is 13.2 Å². The zero-order chi connectivity index (χ0) is 15.8. The second kappa shape index (κ2) is 5.19. The number of nitrogens with two attached hydrogens (primary N) is 1. The Labute approximate surface area is 117 Å². The zero-order valence-electron chi connectivity index (χ0n) is 10.9. The van der Waals surface area contributed by atoms with E-state index in [0.29, 0.717) is 6.42 Å². The van der Waals surface area contributed by atoms with Crippen LogP contribution < -0.4 is 16.0 Å². The number of halogens is 3. The first-order chi connectivity index (χ1) is 9.72. The van der Waals surface area contributed by atoms with Crippen molar-refractivity contribution in [2.45, 2.75) is 25.6 Å². The molecule has 1 fully saturated rings. The molecule has 1 aliphatic heterocycles. The molecule has 0 aromatic carbocycles. The number of amides is 2. The number of alkyl halides is 3. The van der Waals surface area contributed by atoms with Crippen molar-refractivity contribution in [1.29, 1.82) is 0 Å². The molecule has 1 aromatic heterocycles. The highest BCUT2D eigenvalue weighted by molar-refractivity contribution is 6.04. The van der Waals surface area contributed by atoms with Gasteiger partial charge in [0.15, 0.2) is 0 Å². The van der Waals surface area contributed by atoms with Crippen LogP contribution in [0.15, 0.2) is 6.07 Å². The van der Waals surface area contributed by atoms with Gasteiger partial charge in [0.25, 0.3) is 0 Å². The molecule has 0 bridgehead atoms. The molecule has 10 heteroatoms. The molecule has 1 aromatic rings. The van der Waals surface area contributed by atoms with E-state index in [0.717, 1.165) is 6.07 Å². The summed E-state index contributed by atoms with van der Waals surface area (Å²) in [6.45, 7) is 1.39. The lowest BCUT2D eigenvalue weighted by molar-refractivity contribution is -0.144. The first-order valence-corrected chi connectivity index (χ1v) is 6.04. The number of aromatic nitrogens is 2. The highest BCUT2D eigenvalue weighted by Crippen LogP contribution is 2.29. The molecule has 2 heterocycles. The van der Waals surface area contributed by atoms with Crippen molar-refractivity contribution in [1.82, 2.24) is 15.3 Å². The summed E-state index contributed by atoms with van der Waals surface area (Å²) in [5.74, 6) is -3.20. The van der Waals surface area contributed by atoms with E-state index >= 15 is 0 Å². The zero-order valence-corrected chi connectivity index (χ0v) is 10.9. The van der Waals surface area contributed by atoms with Crippen LogP contribution in [-0.2, 0) is 15.8 Å². The molecular formula is C11H12F3N5O2. The van der Waals surface area contributed by atoms with Gasteiger partial charge in [-0.3, -0.25) is 14.9 Å². The smallest absolute Gasteiger partial charge is 0.384 e. The predicted molar refractivity (Wildman–Crippen MR) is 66.0 cm³/mol. The standard InChI is InChI=1S/C11H12F3N5O2/c1-2-5-9(21)18-8(20)4-19(5)7-3-6(15)16-10(17-7)11(12,13)14/h3,5H,2,4H2,1H3,(H2,15,16,17)(H,18,20,21). The fourth-order valence-corrected chi connectivity index (χ4v) is 2.04. The Bertz CT molecular complexity index is 590. The van der Waals surface area contributed by atoms with Crippen LogP contribution in [0.25, 0.3) is 0 Å². The van der Waals surface area contributed by atoms with E-state index in [-0.39, 0.29) is 18.2 Å². The number of nitrogens with zero attached hydrogens (tertiary/aromatic N) is 3. The number of nitrogens with one attached hydrogen (secondary N) is 1. The fourth-order valence-electron chi connectivity index (χ4n) is 2.04. The number of nitrogen functional groups attached to an aromatic ring is 1. The minimum absolute atomic E-state index is 0.204. The van der Waals surface area contributed by atoms with Crippen molar-refractivity contribution in [2.75, 3.05) is 17.2 Å². The number of hydrogen-bond donors (Lipinski definition) is 2. The van der Waals surface area contributed by atoms with Crippen molar-refractivity contribution >= 4 is 23.5 Å². The van der Waals surface area contributed by atoms with Crippen LogP contribution >= 0.6 is 0 Å². The lowest BCUT2D eigenvalue weighted by atomic mass is 10.1. The Morgan fingerprint density at radius 1 is 1.43 bits per heavy atom. The molecule has 0 saturated carbocycles. The van der Waals surface area contributed by atoms with Crippen LogP contribution in [0, 0.1) is 0 Å². The third kappa shape index (κ3) is 3.03. The Morgan fingerprint density at radius 2 is 2.10 bits per heavy atom. The minimum atomic E-state index is -4.77. The van der Waals surface area contributed by atoms with Gasteiger partial charge in [0.2, 0.25) is 17.6 Å². The van der Waals surface area contributed by atoms with Crippen LogP contribution in [-0.4, -0.2) is 34.4 Å². The van der Waals surface area contributed by atoms with Crippen molar-refractivity contribution in [3.05, 3.63) is 11.9 Å². The minimum Gasteiger partial charge on any atom is -0.384 e. The van der Waals surface area contributed by atoms with Gasteiger partial charge in [-0.1, -0.05) is 6.92 Å². The van der Waals surface area contributed by atoms with Crippen LogP contribution in [0.2, 0.25) is 0 Å². The number of hydrogen-bond acceptors (Lipinski definition) is 6. The van der Waals surface area contributed by atoms with E-state index in [1.54, 1.807) is 6.92 Å². The first-order valence-electron chi connectivity index (χ1n) is 6.04. The fraction of sp³-hybridized carbons (Fsp3) is 0.455. The van der Waals surface area contributed by atoms with Gasteiger partial charge in [-0.15, -0.1) is 0 Å². The maximum absolute atomic E-state index is 12.7. The van der Waals surface area contributed by atoms with Gasteiger partial charge >= 0.3 is 6.18 Å². The Morgan fingerprint density at radius 3 is 2.67 bits per heavy atom. The lowest BCUT2D eigenvalue weighted by Gasteiger charge is -2.34. The summed E-state index contributed by atoms with van der Waals surface area (Å²) in [5, 5.41) is 2.12. The highest BCUT2D eigenvalue weighted by Gasteiger charge is 2.38. The molecule has 3 N–H and O–H groups in total. The number of imide groups is 1. The van der Waals surface area contributed by atoms with Crippen molar-refractivity contribution in [3.8, 4) is 0 Å². The molecule has 0 radical (unpaired) electrons. The molecule has 7 nitrogen and oxygen atoms in total. The van der Waals surface area contributed by atoms with E-state index in [1.165, 1.54) is 4.90 Å². The Hall–Kier alpha value is -2.39. The molecule has 1 aliphatic rings. The van der Waals surface area contributed by atoms with Crippen LogP contribution in [0.3, 0.4) is 0 Å². The summed E-state index contributed by atoms with van der Waals surface area (Å²) in [4.78, 5) is 30.8. The summed E-state index contributed by atoms with van der Waals surface area (Å²) < 4.78 is 38.1. The maximum atomic E-state index is 12.7. The maximum Gasteiger partial charge on any atom is 0.451 e. The van der Waals surface area contributed by atoms with Gasteiger partial charge in [0.05, 0.1) is 6.54 Å². The first kappa shape index (κ1) is 15.0. The third-order valence-corrected chi connectivity index (χ3v) is 2.92. The normalized spacial score (nSPS) is 19.6. The SMILES string of the molecule is CCC1C(=O)NC(=O)CN1c1cc(N)nc(C(F)(F)F)n1. The molecule has 114 valence electrons. The van der Waals surface area contributed by atoms with Gasteiger partial charge in [-0.05, 0) is 6.42 Å². The molecule has 0 aliphatic carbocycles. The topological polar surface area (TPSA) is 101 Å².